The normalized spacial score (nSPS) is 21.3. The minimum atomic E-state index is -3.24. The molecule has 4 atom stereocenters. The van der Waals surface area contributed by atoms with Gasteiger partial charge < -0.3 is 29.4 Å². The highest BCUT2D eigenvalue weighted by Crippen LogP contribution is 2.45. The molecular weight excluding hydrogens is 599 g/mol. The number of hydrogen-bond donors (Lipinski definition) is 1. The molecule has 5 rings (SSSR count). The molecule has 3 aromatic carbocycles. The lowest BCUT2D eigenvalue weighted by molar-refractivity contribution is -0.215. The van der Waals surface area contributed by atoms with Crippen LogP contribution in [0.15, 0.2) is 102 Å². The van der Waals surface area contributed by atoms with E-state index >= 15 is 8.78 Å². The fourth-order valence-electron chi connectivity index (χ4n) is 4.74. The minimum absolute atomic E-state index is 0.0339. The van der Waals surface area contributed by atoms with Gasteiger partial charge in [0.1, 0.15) is 11.9 Å². The van der Waals surface area contributed by atoms with Crippen molar-refractivity contribution in [1.29, 1.82) is 0 Å². The monoisotopic (exact) mass is 627 g/mol. The van der Waals surface area contributed by atoms with E-state index < -0.39 is 59.6 Å². The molecule has 0 spiro atoms. The van der Waals surface area contributed by atoms with E-state index in [0.29, 0.717) is 22.1 Å². The van der Waals surface area contributed by atoms with Gasteiger partial charge in [-0.15, -0.1) is 0 Å². The number of rotatable bonds is 11. The molecule has 0 bridgehead atoms. The van der Waals surface area contributed by atoms with Crippen LogP contribution in [0.4, 0.5) is 19.0 Å². The fourth-order valence-corrected chi connectivity index (χ4v) is 4.94. The first-order valence-corrected chi connectivity index (χ1v) is 13.9. The van der Waals surface area contributed by atoms with Crippen LogP contribution in [-0.2, 0) is 32.2 Å². The molecule has 0 unspecified atom stereocenters. The number of hydrogen-bond acceptors (Lipinski definition) is 9. The Morgan fingerprint density at radius 3 is 2.18 bits per heavy atom. The van der Waals surface area contributed by atoms with E-state index in [2.05, 4.69) is 4.98 Å². The third-order valence-corrected chi connectivity index (χ3v) is 7.05. The van der Waals surface area contributed by atoms with Crippen LogP contribution in [-0.4, -0.2) is 45.6 Å². The Morgan fingerprint density at radius 1 is 0.977 bits per heavy atom. The molecule has 44 heavy (non-hydrogen) atoms. The molecule has 0 amide bonds. The van der Waals surface area contributed by atoms with Crippen LogP contribution in [0.5, 0.6) is 5.75 Å². The topological polar surface area (TPSA) is 107 Å². The third-order valence-electron chi connectivity index (χ3n) is 6.87. The van der Waals surface area contributed by atoms with E-state index in [4.69, 9.17) is 41.6 Å². The molecule has 0 radical (unpaired) electrons. The average molecular weight is 628 g/mol. The van der Waals surface area contributed by atoms with Crippen LogP contribution in [0, 0.1) is 5.82 Å². The van der Waals surface area contributed by atoms with Crippen molar-refractivity contribution in [3.8, 4) is 5.75 Å². The second-order valence-electron chi connectivity index (χ2n) is 9.87. The molecule has 0 aliphatic carbocycles. The second kappa shape index (κ2) is 14.0. The lowest BCUT2D eigenvalue weighted by atomic mass is 9.95. The van der Waals surface area contributed by atoms with Crippen molar-refractivity contribution in [3.63, 3.8) is 0 Å². The zero-order valence-corrected chi connectivity index (χ0v) is 23.9. The van der Waals surface area contributed by atoms with Gasteiger partial charge in [0.2, 0.25) is 0 Å². The standard InChI is InChI=1S/C31H28F3N3O6S/c32-23-16-37(29(38)36-26(23)35)27-24(42-30(44)41-22-14-8-3-9-15-22)25(40-18-21-12-6-2-7-13-21)31(43-27,28(33)34)19-39-17-20-10-4-1-5-11-20/h1-16,24-25,27-28H,17-19H2,(H2,35,36,38)/t24-,25+,27-,31-/m1/s1. The maximum Gasteiger partial charge on any atom is 0.358 e. The third kappa shape index (κ3) is 7.08. The van der Waals surface area contributed by atoms with Gasteiger partial charge in [0.15, 0.2) is 29.6 Å². The Hall–Kier alpha value is -4.30. The molecule has 2 heterocycles. The lowest BCUT2D eigenvalue weighted by Crippen LogP contribution is -2.54. The summed E-state index contributed by atoms with van der Waals surface area (Å²) in [4.78, 5) is 16.4. The largest absolute Gasteiger partial charge is 0.445 e. The van der Waals surface area contributed by atoms with E-state index in [1.54, 1.807) is 84.9 Å². The lowest BCUT2D eigenvalue weighted by Gasteiger charge is -2.34. The number of aromatic nitrogens is 2. The fraction of sp³-hybridized carbons (Fsp3) is 0.258. The Balaban J connectivity index is 1.54. The van der Waals surface area contributed by atoms with Crippen LogP contribution >= 0.6 is 12.2 Å². The maximum atomic E-state index is 15.3. The first-order chi connectivity index (χ1) is 21.3. The molecule has 9 nitrogen and oxygen atoms in total. The van der Waals surface area contributed by atoms with Crippen molar-refractivity contribution >= 4 is 23.3 Å². The Morgan fingerprint density at radius 2 is 1.57 bits per heavy atom. The number of nitrogens with zero attached hydrogens (tertiary/aromatic N) is 2. The summed E-state index contributed by atoms with van der Waals surface area (Å²) in [6.45, 7) is -0.876. The van der Waals surface area contributed by atoms with Crippen molar-refractivity contribution in [1.82, 2.24) is 9.55 Å². The smallest absolute Gasteiger partial charge is 0.358 e. The van der Waals surface area contributed by atoms with Gasteiger partial charge in [0.25, 0.3) is 6.43 Å². The number of ether oxygens (including phenoxy) is 5. The Labute approximate surface area is 255 Å². The van der Waals surface area contributed by atoms with E-state index in [1.807, 2.05) is 6.07 Å². The SMILES string of the molecule is Nc1nc(=O)n([C@@H]2O[C@@](COCc3ccccc3)(C(F)F)[C@@H](OCc3ccccc3)[C@H]2OC(=S)Oc2ccccc2)cc1F. The van der Waals surface area contributed by atoms with Crippen molar-refractivity contribution in [2.75, 3.05) is 12.3 Å². The van der Waals surface area contributed by atoms with Gasteiger partial charge >= 0.3 is 10.9 Å². The summed E-state index contributed by atoms with van der Waals surface area (Å²) >= 11 is 5.31. The zero-order valence-electron chi connectivity index (χ0n) is 23.1. The summed E-state index contributed by atoms with van der Waals surface area (Å²) < 4.78 is 75.1. The zero-order chi connectivity index (χ0) is 31.1. The number of benzene rings is 3. The van der Waals surface area contributed by atoms with Gasteiger partial charge in [-0.2, -0.15) is 4.98 Å². The average Bonchev–Trinajstić information content (AvgIpc) is 3.32. The highest BCUT2D eigenvalue weighted by molar-refractivity contribution is 7.79. The summed E-state index contributed by atoms with van der Waals surface area (Å²) in [6, 6.07) is 26.0. The number of halogens is 3. The molecule has 1 saturated heterocycles. The molecule has 13 heteroatoms. The van der Waals surface area contributed by atoms with Crippen molar-refractivity contribution in [2.45, 2.75) is 43.7 Å². The summed E-state index contributed by atoms with van der Waals surface area (Å²) in [5, 5.41) is -0.477. The Bertz CT molecular complexity index is 1600. The summed E-state index contributed by atoms with van der Waals surface area (Å²) in [7, 11) is 0. The number of thiocarbonyl (C=S) groups is 1. The molecule has 0 saturated carbocycles. The van der Waals surface area contributed by atoms with Crippen molar-refractivity contribution < 1.29 is 36.9 Å². The highest BCUT2D eigenvalue weighted by Gasteiger charge is 2.64. The minimum Gasteiger partial charge on any atom is -0.445 e. The predicted octanol–water partition coefficient (Wildman–Crippen LogP) is 5.05. The van der Waals surface area contributed by atoms with Crippen molar-refractivity contribution in [2.24, 2.45) is 0 Å². The van der Waals surface area contributed by atoms with Crippen LogP contribution in [0.1, 0.15) is 17.4 Å². The summed E-state index contributed by atoms with van der Waals surface area (Å²) in [6.07, 6.45) is -7.42. The summed E-state index contributed by atoms with van der Waals surface area (Å²) in [5.41, 5.74) is 3.26. The molecule has 1 aliphatic heterocycles. The van der Waals surface area contributed by atoms with Crippen LogP contribution < -0.4 is 16.2 Å². The number of nitrogen functional groups attached to an aromatic ring is 1. The van der Waals surface area contributed by atoms with E-state index in [-0.39, 0.29) is 13.2 Å². The van der Waals surface area contributed by atoms with Gasteiger partial charge in [-0.1, -0.05) is 78.9 Å². The molecular formula is C31H28F3N3O6S. The number of alkyl halides is 2. The number of nitrogens with two attached hydrogens (primary N) is 1. The predicted molar refractivity (Wildman–Crippen MR) is 157 cm³/mol. The van der Waals surface area contributed by atoms with Crippen molar-refractivity contribution in [3.05, 3.63) is 125 Å². The Kier molecular flexibility index (Phi) is 9.90. The second-order valence-corrected chi connectivity index (χ2v) is 10.2. The molecule has 1 aromatic heterocycles. The maximum absolute atomic E-state index is 15.3. The van der Waals surface area contributed by atoms with Crippen LogP contribution in [0.25, 0.3) is 0 Å². The summed E-state index contributed by atoms with van der Waals surface area (Å²) in [5.74, 6) is -1.45. The van der Waals surface area contributed by atoms with E-state index in [1.165, 1.54) is 0 Å². The van der Waals surface area contributed by atoms with E-state index in [0.717, 1.165) is 5.56 Å². The van der Waals surface area contributed by atoms with Crippen LogP contribution in [0.3, 0.4) is 0 Å². The van der Waals surface area contributed by atoms with Gasteiger partial charge in [0, 0.05) is 12.2 Å². The first-order valence-electron chi connectivity index (χ1n) is 13.5. The quantitative estimate of drug-likeness (QED) is 0.229. The van der Waals surface area contributed by atoms with Gasteiger partial charge in [-0.05, 0) is 23.3 Å². The van der Waals surface area contributed by atoms with E-state index in [9.17, 15) is 9.18 Å². The van der Waals surface area contributed by atoms with Gasteiger partial charge in [0.05, 0.1) is 26.0 Å². The van der Waals surface area contributed by atoms with Gasteiger partial charge in [-0.25, -0.2) is 18.0 Å². The molecule has 230 valence electrons. The highest BCUT2D eigenvalue weighted by atomic mass is 32.1. The molecule has 1 fully saturated rings. The first kappa shape index (κ1) is 31.1. The molecule has 2 N–H and O–H groups in total. The van der Waals surface area contributed by atoms with Gasteiger partial charge in [-0.3, -0.25) is 4.57 Å². The van der Waals surface area contributed by atoms with Crippen LogP contribution in [0.2, 0.25) is 0 Å². The number of para-hydroxylation sites is 1. The molecule has 4 aromatic rings. The number of anilines is 1. The molecule has 1 aliphatic rings.